The summed E-state index contributed by atoms with van der Waals surface area (Å²) in [6.45, 7) is 1.31. The van der Waals surface area contributed by atoms with Gasteiger partial charge in [-0.3, -0.25) is 0 Å². The van der Waals surface area contributed by atoms with Gasteiger partial charge in [-0.1, -0.05) is 18.2 Å². The van der Waals surface area contributed by atoms with Gasteiger partial charge >= 0.3 is 0 Å². The standard InChI is InChI=1S/C13H17F2NO/c14-13(15,11-5-7-16-8-6-11)9-10-3-1-2-4-12(10)17/h1-4,11,16-17H,5-9H2. The van der Waals surface area contributed by atoms with Crippen LogP contribution in [0.2, 0.25) is 0 Å². The summed E-state index contributed by atoms with van der Waals surface area (Å²) in [5.41, 5.74) is 0.330. The van der Waals surface area contributed by atoms with Crippen molar-refractivity contribution in [3.63, 3.8) is 0 Å². The second-order valence-corrected chi connectivity index (χ2v) is 4.59. The lowest BCUT2D eigenvalue weighted by molar-refractivity contribution is -0.0678. The van der Waals surface area contributed by atoms with Crippen LogP contribution in [0.15, 0.2) is 24.3 Å². The zero-order valence-electron chi connectivity index (χ0n) is 9.63. The molecular weight excluding hydrogens is 224 g/mol. The highest BCUT2D eigenvalue weighted by Crippen LogP contribution is 2.36. The average molecular weight is 241 g/mol. The molecule has 1 aromatic rings. The number of aromatic hydroxyl groups is 1. The number of hydrogen-bond donors (Lipinski definition) is 2. The first-order chi connectivity index (χ1) is 8.09. The molecule has 0 aliphatic carbocycles. The Balaban J connectivity index is 2.08. The zero-order chi connectivity index (χ0) is 12.3. The van der Waals surface area contributed by atoms with Crippen LogP contribution in [0.25, 0.3) is 0 Å². The molecular formula is C13H17F2NO. The Hall–Kier alpha value is -1.16. The first-order valence-corrected chi connectivity index (χ1v) is 5.95. The molecule has 0 radical (unpaired) electrons. The lowest BCUT2D eigenvalue weighted by Crippen LogP contribution is -2.39. The zero-order valence-corrected chi connectivity index (χ0v) is 9.63. The molecule has 0 saturated carbocycles. The number of phenols is 1. The van der Waals surface area contributed by atoms with Crippen LogP contribution in [0.1, 0.15) is 18.4 Å². The van der Waals surface area contributed by atoms with E-state index in [0.717, 1.165) is 0 Å². The predicted octanol–water partition coefficient (Wildman–Crippen LogP) is 2.57. The third kappa shape index (κ3) is 2.94. The Morgan fingerprint density at radius 1 is 1.24 bits per heavy atom. The van der Waals surface area contributed by atoms with Gasteiger partial charge in [-0.25, -0.2) is 8.78 Å². The highest BCUT2D eigenvalue weighted by Gasteiger charge is 2.40. The molecule has 2 rings (SSSR count). The number of halogens is 2. The van der Waals surface area contributed by atoms with Crippen LogP contribution in [0, 0.1) is 5.92 Å². The third-order valence-electron chi connectivity index (χ3n) is 3.35. The van der Waals surface area contributed by atoms with Crippen LogP contribution < -0.4 is 5.32 Å². The van der Waals surface area contributed by atoms with Gasteiger partial charge in [0.15, 0.2) is 0 Å². The van der Waals surface area contributed by atoms with E-state index < -0.39 is 11.8 Å². The summed E-state index contributed by atoms with van der Waals surface area (Å²) in [5.74, 6) is -3.36. The highest BCUT2D eigenvalue weighted by atomic mass is 19.3. The van der Waals surface area contributed by atoms with Crippen molar-refractivity contribution < 1.29 is 13.9 Å². The Kier molecular flexibility index (Phi) is 3.62. The van der Waals surface area contributed by atoms with Gasteiger partial charge in [0.2, 0.25) is 0 Å². The van der Waals surface area contributed by atoms with E-state index in [4.69, 9.17) is 0 Å². The lowest BCUT2D eigenvalue weighted by atomic mass is 9.87. The van der Waals surface area contributed by atoms with Crippen molar-refractivity contribution in [2.45, 2.75) is 25.2 Å². The summed E-state index contributed by atoms with van der Waals surface area (Å²) >= 11 is 0. The van der Waals surface area contributed by atoms with Gasteiger partial charge < -0.3 is 10.4 Å². The van der Waals surface area contributed by atoms with E-state index in [0.29, 0.717) is 31.5 Å². The number of piperidine rings is 1. The molecule has 0 spiro atoms. The van der Waals surface area contributed by atoms with E-state index in [9.17, 15) is 13.9 Å². The molecule has 17 heavy (non-hydrogen) atoms. The summed E-state index contributed by atoms with van der Waals surface area (Å²) < 4.78 is 28.1. The average Bonchev–Trinajstić information content (AvgIpc) is 2.33. The quantitative estimate of drug-likeness (QED) is 0.852. The third-order valence-corrected chi connectivity index (χ3v) is 3.35. The SMILES string of the molecule is Oc1ccccc1CC(F)(F)C1CCNCC1. The molecule has 1 aromatic carbocycles. The topological polar surface area (TPSA) is 32.3 Å². The summed E-state index contributed by atoms with van der Waals surface area (Å²) in [5, 5.41) is 12.6. The maximum Gasteiger partial charge on any atom is 0.255 e. The second-order valence-electron chi connectivity index (χ2n) is 4.59. The van der Waals surface area contributed by atoms with Gasteiger partial charge in [0.05, 0.1) is 0 Å². The summed E-state index contributed by atoms with van der Waals surface area (Å²) in [6.07, 6.45) is 0.630. The smallest absolute Gasteiger partial charge is 0.255 e. The fourth-order valence-electron chi connectivity index (χ4n) is 2.30. The van der Waals surface area contributed by atoms with E-state index >= 15 is 0 Å². The van der Waals surface area contributed by atoms with Crippen molar-refractivity contribution >= 4 is 0 Å². The maximum absolute atomic E-state index is 14.0. The van der Waals surface area contributed by atoms with Crippen molar-refractivity contribution in [1.82, 2.24) is 5.32 Å². The predicted molar refractivity (Wildman–Crippen MR) is 62.4 cm³/mol. The van der Waals surface area contributed by atoms with Crippen LogP contribution in [0.3, 0.4) is 0 Å². The van der Waals surface area contributed by atoms with Crippen molar-refractivity contribution in [2.75, 3.05) is 13.1 Å². The van der Waals surface area contributed by atoms with E-state index in [1.807, 2.05) is 0 Å². The van der Waals surface area contributed by atoms with Crippen molar-refractivity contribution in [3.05, 3.63) is 29.8 Å². The number of nitrogens with one attached hydrogen (secondary N) is 1. The van der Waals surface area contributed by atoms with Crippen molar-refractivity contribution in [2.24, 2.45) is 5.92 Å². The minimum atomic E-state index is -2.74. The van der Waals surface area contributed by atoms with Crippen LogP contribution >= 0.6 is 0 Å². The fraction of sp³-hybridized carbons (Fsp3) is 0.538. The largest absolute Gasteiger partial charge is 0.508 e. The summed E-state index contributed by atoms with van der Waals surface area (Å²) in [4.78, 5) is 0. The maximum atomic E-state index is 14.0. The van der Waals surface area contributed by atoms with Crippen molar-refractivity contribution in [3.8, 4) is 5.75 Å². The van der Waals surface area contributed by atoms with Gasteiger partial charge in [-0.05, 0) is 37.6 Å². The minimum absolute atomic E-state index is 0.0406. The Morgan fingerprint density at radius 2 is 1.88 bits per heavy atom. The molecule has 1 fully saturated rings. The number of alkyl halides is 2. The van der Waals surface area contributed by atoms with Gasteiger partial charge in [0, 0.05) is 12.3 Å². The van der Waals surface area contributed by atoms with Crippen molar-refractivity contribution in [1.29, 1.82) is 0 Å². The highest BCUT2D eigenvalue weighted by molar-refractivity contribution is 5.32. The summed E-state index contributed by atoms with van der Waals surface area (Å²) in [7, 11) is 0. The minimum Gasteiger partial charge on any atom is -0.508 e. The Morgan fingerprint density at radius 3 is 2.53 bits per heavy atom. The number of rotatable bonds is 3. The first-order valence-electron chi connectivity index (χ1n) is 5.95. The molecule has 0 aromatic heterocycles. The van der Waals surface area contributed by atoms with Gasteiger partial charge in [-0.2, -0.15) is 0 Å². The van der Waals surface area contributed by atoms with E-state index in [-0.39, 0.29) is 12.2 Å². The van der Waals surface area contributed by atoms with E-state index in [1.165, 1.54) is 6.07 Å². The number of para-hydroxylation sites is 1. The lowest BCUT2D eigenvalue weighted by Gasteiger charge is -2.30. The van der Waals surface area contributed by atoms with Crippen LogP contribution in [-0.4, -0.2) is 24.1 Å². The molecule has 1 aliphatic rings. The fourth-order valence-corrected chi connectivity index (χ4v) is 2.30. The Labute approximate surface area is 99.7 Å². The molecule has 2 N–H and O–H groups in total. The molecule has 1 heterocycles. The number of benzene rings is 1. The molecule has 1 aliphatic heterocycles. The molecule has 0 amide bonds. The van der Waals surface area contributed by atoms with E-state index in [2.05, 4.69) is 5.32 Å². The number of hydrogen-bond acceptors (Lipinski definition) is 2. The second kappa shape index (κ2) is 5.00. The molecule has 0 unspecified atom stereocenters. The van der Waals surface area contributed by atoms with Crippen LogP contribution in [-0.2, 0) is 6.42 Å². The monoisotopic (exact) mass is 241 g/mol. The van der Waals surface area contributed by atoms with Gasteiger partial charge in [-0.15, -0.1) is 0 Å². The molecule has 4 heteroatoms. The Bertz CT molecular complexity index is 375. The first kappa shape index (κ1) is 12.3. The van der Waals surface area contributed by atoms with Crippen LogP contribution in [0.4, 0.5) is 8.78 Å². The van der Waals surface area contributed by atoms with Gasteiger partial charge in [0.25, 0.3) is 5.92 Å². The summed E-state index contributed by atoms with van der Waals surface area (Å²) in [6, 6.07) is 6.33. The molecule has 1 saturated heterocycles. The molecule has 94 valence electrons. The van der Waals surface area contributed by atoms with Gasteiger partial charge in [0.1, 0.15) is 5.75 Å². The molecule has 0 bridgehead atoms. The van der Waals surface area contributed by atoms with E-state index in [1.54, 1.807) is 18.2 Å². The molecule has 2 nitrogen and oxygen atoms in total. The number of phenolic OH excluding ortho intramolecular Hbond substituents is 1. The normalized spacial score (nSPS) is 18.2. The molecule has 0 atom stereocenters. The van der Waals surface area contributed by atoms with Crippen LogP contribution in [0.5, 0.6) is 5.75 Å².